The van der Waals surface area contributed by atoms with Crippen LogP contribution in [0.15, 0.2) is 23.2 Å². The Morgan fingerprint density at radius 1 is 1.67 bits per heavy atom. The molecule has 0 spiro atoms. The highest BCUT2D eigenvalue weighted by Crippen LogP contribution is 2.19. The lowest BCUT2D eigenvalue weighted by Gasteiger charge is -2.01. The third-order valence-corrected chi connectivity index (χ3v) is 2.25. The summed E-state index contributed by atoms with van der Waals surface area (Å²) in [5.41, 5.74) is 0. The standard InChI is InChI=1S/C8H11NO2S/c1-11-8-6-7(2-3-9-8)12-5-4-10/h2-3,6,10H,4-5H2,1H3. The van der Waals surface area contributed by atoms with Crippen LogP contribution >= 0.6 is 11.8 Å². The Bertz CT molecular complexity index is 242. The largest absolute Gasteiger partial charge is 0.481 e. The highest BCUT2D eigenvalue weighted by atomic mass is 32.2. The quantitative estimate of drug-likeness (QED) is 0.715. The Labute approximate surface area is 75.8 Å². The Hall–Kier alpha value is -0.740. The second kappa shape index (κ2) is 5.00. The van der Waals surface area contributed by atoms with Crippen LogP contribution in [-0.4, -0.2) is 29.6 Å². The summed E-state index contributed by atoms with van der Waals surface area (Å²) in [6.07, 6.45) is 1.69. The maximum absolute atomic E-state index is 8.59. The lowest BCUT2D eigenvalue weighted by molar-refractivity contribution is 0.322. The van der Waals surface area contributed by atoms with E-state index in [1.165, 1.54) is 0 Å². The van der Waals surface area contributed by atoms with Gasteiger partial charge in [0.2, 0.25) is 5.88 Å². The summed E-state index contributed by atoms with van der Waals surface area (Å²) in [7, 11) is 1.59. The van der Waals surface area contributed by atoms with E-state index in [2.05, 4.69) is 4.98 Å². The molecule has 12 heavy (non-hydrogen) atoms. The predicted octanol–water partition coefficient (Wildman–Crippen LogP) is 1.17. The molecule has 1 heterocycles. The van der Waals surface area contributed by atoms with Crippen LogP contribution in [0, 0.1) is 0 Å². The minimum absolute atomic E-state index is 0.190. The average molecular weight is 185 g/mol. The van der Waals surface area contributed by atoms with E-state index in [4.69, 9.17) is 9.84 Å². The van der Waals surface area contributed by atoms with Crippen LogP contribution in [0.4, 0.5) is 0 Å². The van der Waals surface area contributed by atoms with Crippen molar-refractivity contribution in [3.8, 4) is 5.88 Å². The van der Waals surface area contributed by atoms with E-state index < -0.39 is 0 Å². The molecule has 0 saturated carbocycles. The van der Waals surface area contributed by atoms with Gasteiger partial charge >= 0.3 is 0 Å². The smallest absolute Gasteiger partial charge is 0.214 e. The number of methoxy groups -OCH3 is 1. The summed E-state index contributed by atoms with van der Waals surface area (Å²) in [5.74, 6) is 1.31. The topological polar surface area (TPSA) is 42.4 Å². The molecule has 0 radical (unpaired) electrons. The van der Waals surface area contributed by atoms with Gasteiger partial charge in [-0.1, -0.05) is 0 Å². The summed E-state index contributed by atoms with van der Waals surface area (Å²) < 4.78 is 4.95. The van der Waals surface area contributed by atoms with Crippen LogP contribution in [0.3, 0.4) is 0 Å². The molecule has 0 aliphatic rings. The van der Waals surface area contributed by atoms with E-state index in [0.717, 1.165) is 4.90 Å². The molecule has 0 saturated heterocycles. The van der Waals surface area contributed by atoms with Crippen LogP contribution in [0.5, 0.6) is 5.88 Å². The first-order valence-corrected chi connectivity index (χ1v) is 4.59. The molecule has 4 heteroatoms. The zero-order chi connectivity index (χ0) is 8.81. The van der Waals surface area contributed by atoms with Crippen LogP contribution < -0.4 is 4.74 Å². The van der Waals surface area contributed by atoms with Crippen molar-refractivity contribution in [1.82, 2.24) is 4.98 Å². The molecule has 0 aliphatic heterocycles. The summed E-state index contributed by atoms with van der Waals surface area (Å²) >= 11 is 1.58. The van der Waals surface area contributed by atoms with Gasteiger partial charge < -0.3 is 9.84 Å². The van der Waals surface area contributed by atoms with Gasteiger partial charge in [0.1, 0.15) is 0 Å². The van der Waals surface area contributed by atoms with E-state index in [1.807, 2.05) is 12.1 Å². The number of ether oxygens (including phenoxy) is 1. The van der Waals surface area contributed by atoms with Crippen molar-refractivity contribution in [3.63, 3.8) is 0 Å². The zero-order valence-electron chi connectivity index (χ0n) is 6.86. The lowest BCUT2D eigenvalue weighted by atomic mass is 10.5. The van der Waals surface area contributed by atoms with Crippen molar-refractivity contribution in [2.45, 2.75) is 4.90 Å². The van der Waals surface area contributed by atoms with Gasteiger partial charge in [-0.3, -0.25) is 0 Å². The number of thioether (sulfide) groups is 1. The van der Waals surface area contributed by atoms with Gasteiger partial charge in [0.05, 0.1) is 13.7 Å². The van der Waals surface area contributed by atoms with Crippen LogP contribution in [0.25, 0.3) is 0 Å². The third-order valence-electron chi connectivity index (χ3n) is 1.28. The minimum atomic E-state index is 0.190. The number of hydrogen-bond acceptors (Lipinski definition) is 4. The number of aliphatic hydroxyl groups is 1. The number of pyridine rings is 1. The molecular formula is C8H11NO2S. The fourth-order valence-electron chi connectivity index (χ4n) is 0.756. The third kappa shape index (κ3) is 2.71. The van der Waals surface area contributed by atoms with Crippen molar-refractivity contribution in [2.24, 2.45) is 0 Å². The first-order valence-electron chi connectivity index (χ1n) is 3.60. The molecule has 0 atom stereocenters. The van der Waals surface area contributed by atoms with Crippen molar-refractivity contribution in [2.75, 3.05) is 19.5 Å². The van der Waals surface area contributed by atoms with Crippen molar-refractivity contribution in [1.29, 1.82) is 0 Å². The Morgan fingerprint density at radius 2 is 2.50 bits per heavy atom. The van der Waals surface area contributed by atoms with Gasteiger partial charge in [-0.25, -0.2) is 4.98 Å². The highest BCUT2D eigenvalue weighted by molar-refractivity contribution is 7.99. The van der Waals surface area contributed by atoms with E-state index in [9.17, 15) is 0 Å². The summed E-state index contributed by atoms with van der Waals surface area (Å²) in [6, 6.07) is 3.74. The second-order valence-corrected chi connectivity index (χ2v) is 3.27. The molecule has 1 aromatic rings. The van der Waals surface area contributed by atoms with Crippen LogP contribution in [0.2, 0.25) is 0 Å². The number of aromatic nitrogens is 1. The number of nitrogens with zero attached hydrogens (tertiary/aromatic N) is 1. The van der Waals surface area contributed by atoms with Crippen molar-refractivity contribution in [3.05, 3.63) is 18.3 Å². The van der Waals surface area contributed by atoms with Gasteiger partial charge in [-0.05, 0) is 6.07 Å². The Kier molecular flexibility index (Phi) is 3.90. The van der Waals surface area contributed by atoms with E-state index >= 15 is 0 Å². The molecule has 0 aromatic carbocycles. The molecule has 0 unspecified atom stereocenters. The normalized spacial score (nSPS) is 9.83. The molecule has 0 amide bonds. The minimum Gasteiger partial charge on any atom is -0.481 e. The molecule has 0 fully saturated rings. The van der Waals surface area contributed by atoms with Crippen molar-refractivity contribution >= 4 is 11.8 Å². The van der Waals surface area contributed by atoms with Gasteiger partial charge in [0, 0.05) is 22.9 Å². The molecular weight excluding hydrogens is 174 g/mol. The summed E-state index contributed by atoms with van der Waals surface area (Å²) in [4.78, 5) is 5.03. The Morgan fingerprint density at radius 3 is 3.17 bits per heavy atom. The van der Waals surface area contributed by atoms with E-state index in [-0.39, 0.29) is 6.61 Å². The molecule has 0 aliphatic carbocycles. The van der Waals surface area contributed by atoms with Gasteiger partial charge in [0.15, 0.2) is 0 Å². The number of aliphatic hydroxyl groups excluding tert-OH is 1. The zero-order valence-corrected chi connectivity index (χ0v) is 7.67. The van der Waals surface area contributed by atoms with Gasteiger partial charge in [0.25, 0.3) is 0 Å². The summed E-state index contributed by atoms with van der Waals surface area (Å²) in [5, 5.41) is 8.59. The van der Waals surface area contributed by atoms with E-state index in [1.54, 1.807) is 25.1 Å². The van der Waals surface area contributed by atoms with Crippen LogP contribution in [-0.2, 0) is 0 Å². The molecule has 1 rings (SSSR count). The number of rotatable bonds is 4. The van der Waals surface area contributed by atoms with Gasteiger partial charge in [-0.2, -0.15) is 0 Å². The maximum Gasteiger partial charge on any atom is 0.214 e. The molecule has 1 N–H and O–H groups in total. The fourth-order valence-corrected chi connectivity index (χ4v) is 1.42. The molecule has 66 valence electrons. The van der Waals surface area contributed by atoms with Gasteiger partial charge in [-0.15, -0.1) is 11.8 Å². The highest BCUT2D eigenvalue weighted by Gasteiger charge is 1.96. The molecule has 1 aromatic heterocycles. The lowest BCUT2D eigenvalue weighted by Crippen LogP contribution is -1.88. The molecule has 3 nitrogen and oxygen atoms in total. The fraction of sp³-hybridized carbons (Fsp3) is 0.375. The Balaban J connectivity index is 2.60. The van der Waals surface area contributed by atoms with E-state index in [0.29, 0.717) is 11.6 Å². The molecule has 0 bridgehead atoms. The second-order valence-electron chi connectivity index (χ2n) is 2.11. The van der Waals surface area contributed by atoms with Crippen LogP contribution in [0.1, 0.15) is 0 Å². The predicted molar refractivity (Wildman–Crippen MR) is 48.6 cm³/mol. The first-order chi connectivity index (χ1) is 5.86. The summed E-state index contributed by atoms with van der Waals surface area (Å²) in [6.45, 7) is 0.190. The monoisotopic (exact) mass is 185 g/mol. The van der Waals surface area contributed by atoms with Crippen molar-refractivity contribution < 1.29 is 9.84 Å². The first kappa shape index (κ1) is 9.35. The SMILES string of the molecule is COc1cc(SCCO)ccn1. The average Bonchev–Trinajstić information content (AvgIpc) is 2.15. The number of hydrogen-bond donors (Lipinski definition) is 1. The maximum atomic E-state index is 8.59.